The minimum absolute atomic E-state index is 0.917. The Morgan fingerprint density at radius 2 is 2.12 bits per heavy atom. The fourth-order valence-corrected chi connectivity index (χ4v) is 1.69. The molecule has 0 aliphatic heterocycles. The Balaban J connectivity index is 2.08. The number of rotatable bonds is 5. The van der Waals surface area contributed by atoms with Crippen LogP contribution in [0.5, 0.6) is 0 Å². The van der Waals surface area contributed by atoms with Crippen molar-refractivity contribution in [2.45, 2.75) is 6.92 Å². The first-order valence-electron chi connectivity index (χ1n) is 5.94. The van der Waals surface area contributed by atoms with Crippen LogP contribution in [0.2, 0.25) is 0 Å². The minimum atomic E-state index is 0.917. The third kappa shape index (κ3) is 2.91. The molecule has 0 saturated heterocycles. The summed E-state index contributed by atoms with van der Waals surface area (Å²) in [5.74, 6) is 0. The van der Waals surface area contributed by atoms with Gasteiger partial charge in [-0.1, -0.05) is 25.1 Å². The highest BCUT2D eigenvalue weighted by Gasteiger charge is 2.01. The SMILES string of the molecule is CCN(C)CCNc1cnnc2ccccc12. The Morgan fingerprint density at radius 1 is 1.29 bits per heavy atom. The van der Waals surface area contributed by atoms with Crippen LogP contribution >= 0.6 is 0 Å². The Labute approximate surface area is 102 Å². The molecule has 0 bridgehead atoms. The van der Waals surface area contributed by atoms with Crippen molar-refractivity contribution in [1.82, 2.24) is 15.1 Å². The molecule has 90 valence electrons. The summed E-state index contributed by atoms with van der Waals surface area (Å²) in [6.45, 7) is 5.16. The third-order valence-corrected chi connectivity index (χ3v) is 2.90. The molecule has 1 heterocycles. The quantitative estimate of drug-likeness (QED) is 0.853. The Morgan fingerprint density at radius 3 is 2.94 bits per heavy atom. The molecule has 0 aliphatic rings. The molecular formula is C13H18N4. The topological polar surface area (TPSA) is 41.0 Å². The van der Waals surface area contributed by atoms with Gasteiger partial charge in [-0.25, -0.2) is 0 Å². The number of aromatic nitrogens is 2. The van der Waals surface area contributed by atoms with Crippen molar-refractivity contribution < 1.29 is 0 Å². The molecule has 4 heteroatoms. The van der Waals surface area contributed by atoms with Crippen LogP contribution in [0.4, 0.5) is 5.69 Å². The molecule has 0 atom stereocenters. The maximum atomic E-state index is 4.10. The lowest BCUT2D eigenvalue weighted by Gasteiger charge is -2.15. The molecule has 1 N–H and O–H groups in total. The maximum absolute atomic E-state index is 4.10. The third-order valence-electron chi connectivity index (χ3n) is 2.90. The van der Waals surface area contributed by atoms with Gasteiger partial charge in [0.15, 0.2) is 0 Å². The molecule has 2 aromatic rings. The molecule has 0 fully saturated rings. The second-order valence-corrected chi connectivity index (χ2v) is 4.10. The molecule has 0 spiro atoms. The van der Waals surface area contributed by atoms with Crippen LogP contribution < -0.4 is 5.32 Å². The van der Waals surface area contributed by atoms with Gasteiger partial charge in [0.2, 0.25) is 0 Å². The largest absolute Gasteiger partial charge is 0.382 e. The summed E-state index contributed by atoms with van der Waals surface area (Å²) in [4.78, 5) is 2.27. The highest BCUT2D eigenvalue weighted by atomic mass is 15.1. The second kappa shape index (κ2) is 5.59. The normalized spacial score (nSPS) is 11.0. The van der Waals surface area contributed by atoms with E-state index in [0.717, 1.165) is 36.2 Å². The predicted molar refractivity (Wildman–Crippen MR) is 71.2 cm³/mol. The first-order valence-corrected chi connectivity index (χ1v) is 5.94. The van der Waals surface area contributed by atoms with Gasteiger partial charge in [-0.15, -0.1) is 0 Å². The van der Waals surface area contributed by atoms with Crippen molar-refractivity contribution in [1.29, 1.82) is 0 Å². The molecule has 4 nitrogen and oxygen atoms in total. The number of hydrogen-bond donors (Lipinski definition) is 1. The van der Waals surface area contributed by atoms with E-state index >= 15 is 0 Å². The predicted octanol–water partition coefficient (Wildman–Crippen LogP) is 1.99. The zero-order valence-corrected chi connectivity index (χ0v) is 10.3. The van der Waals surface area contributed by atoms with Gasteiger partial charge in [-0.05, 0) is 19.7 Å². The van der Waals surface area contributed by atoms with E-state index in [-0.39, 0.29) is 0 Å². The fraction of sp³-hybridized carbons (Fsp3) is 0.385. The minimum Gasteiger partial charge on any atom is -0.382 e. The lowest BCUT2D eigenvalue weighted by Crippen LogP contribution is -2.24. The van der Waals surface area contributed by atoms with Crippen LogP contribution in [0.25, 0.3) is 10.9 Å². The maximum Gasteiger partial charge on any atom is 0.0950 e. The smallest absolute Gasteiger partial charge is 0.0950 e. The Kier molecular flexibility index (Phi) is 3.88. The Hall–Kier alpha value is -1.68. The average Bonchev–Trinajstić information content (AvgIpc) is 2.39. The summed E-state index contributed by atoms with van der Waals surface area (Å²) < 4.78 is 0. The summed E-state index contributed by atoms with van der Waals surface area (Å²) in [7, 11) is 2.12. The Bertz CT molecular complexity index is 478. The van der Waals surface area contributed by atoms with E-state index in [2.05, 4.69) is 40.5 Å². The summed E-state index contributed by atoms with van der Waals surface area (Å²) >= 11 is 0. The zero-order chi connectivity index (χ0) is 12.1. The van der Waals surface area contributed by atoms with Crippen LogP contribution in [-0.2, 0) is 0 Å². The van der Waals surface area contributed by atoms with Gasteiger partial charge in [-0.3, -0.25) is 0 Å². The number of fused-ring (bicyclic) bond motifs is 1. The molecule has 0 radical (unpaired) electrons. The number of hydrogen-bond acceptors (Lipinski definition) is 4. The van der Waals surface area contributed by atoms with Gasteiger partial charge in [-0.2, -0.15) is 10.2 Å². The standard InChI is InChI=1S/C13H18N4/c1-3-17(2)9-8-14-13-10-15-16-12-7-5-4-6-11(12)13/h4-7,10H,3,8-9H2,1-2H3,(H,14,16). The van der Waals surface area contributed by atoms with Crippen molar-refractivity contribution in [3.8, 4) is 0 Å². The van der Waals surface area contributed by atoms with E-state index in [4.69, 9.17) is 0 Å². The van der Waals surface area contributed by atoms with Crippen molar-refractivity contribution >= 4 is 16.6 Å². The molecule has 1 aromatic carbocycles. The summed E-state index contributed by atoms with van der Waals surface area (Å²) in [6.07, 6.45) is 1.79. The number of nitrogens with one attached hydrogen (secondary N) is 1. The lowest BCUT2D eigenvalue weighted by molar-refractivity contribution is 0.367. The fourth-order valence-electron chi connectivity index (χ4n) is 1.69. The van der Waals surface area contributed by atoms with Gasteiger partial charge in [0.05, 0.1) is 17.4 Å². The highest BCUT2D eigenvalue weighted by molar-refractivity contribution is 5.90. The van der Waals surface area contributed by atoms with E-state index in [0.29, 0.717) is 0 Å². The molecular weight excluding hydrogens is 212 g/mol. The van der Waals surface area contributed by atoms with Crippen molar-refractivity contribution in [2.75, 3.05) is 32.0 Å². The molecule has 0 aliphatic carbocycles. The van der Waals surface area contributed by atoms with Gasteiger partial charge >= 0.3 is 0 Å². The molecule has 1 aromatic heterocycles. The average molecular weight is 230 g/mol. The van der Waals surface area contributed by atoms with Crippen LogP contribution in [0.1, 0.15) is 6.92 Å². The summed E-state index contributed by atoms with van der Waals surface area (Å²) in [5, 5.41) is 12.6. The van der Waals surface area contributed by atoms with Crippen molar-refractivity contribution in [3.63, 3.8) is 0 Å². The molecule has 0 saturated carbocycles. The van der Waals surface area contributed by atoms with Crippen molar-refractivity contribution in [2.24, 2.45) is 0 Å². The molecule has 17 heavy (non-hydrogen) atoms. The van der Waals surface area contributed by atoms with Gasteiger partial charge < -0.3 is 10.2 Å². The summed E-state index contributed by atoms with van der Waals surface area (Å²) in [5.41, 5.74) is 1.99. The van der Waals surface area contributed by atoms with E-state index in [1.165, 1.54) is 0 Å². The molecule has 0 unspecified atom stereocenters. The van der Waals surface area contributed by atoms with Crippen LogP contribution in [0.15, 0.2) is 30.5 Å². The van der Waals surface area contributed by atoms with Crippen LogP contribution in [0.3, 0.4) is 0 Å². The molecule has 0 amide bonds. The first-order chi connectivity index (χ1) is 8.31. The van der Waals surface area contributed by atoms with E-state index in [1.807, 2.05) is 18.2 Å². The van der Waals surface area contributed by atoms with Crippen LogP contribution in [0, 0.1) is 0 Å². The van der Waals surface area contributed by atoms with Crippen LogP contribution in [-0.4, -0.2) is 41.8 Å². The van der Waals surface area contributed by atoms with Gasteiger partial charge in [0.25, 0.3) is 0 Å². The van der Waals surface area contributed by atoms with Crippen molar-refractivity contribution in [3.05, 3.63) is 30.5 Å². The highest BCUT2D eigenvalue weighted by Crippen LogP contribution is 2.19. The van der Waals surface area contributed by atoms with E-state index in [1.54, 1.807) is 6.20 Å². The van der Waals surface area contributed by atoms with Gasteiger partial charge in [0.1, 0.15) is 0 Å². The van der Waals surface area contributed by atoms with Gasteiger partial charge in [0, 0.05) is 18.5 Å². The monoisotopic (exact) mass is 230 g/mol. The number of likely N-dealkylation sites (N-methyl/N-ethyl adjacent to an activating group) is 1. The second-order valence-electron chi connectivity index (χ2n) is 4.10. The summed E-state index contributed by atoms with van der Waals surface area (Å²) in [6, 6.07) is 8.04. The zero-order valence-electron chi connectivity index (χ0n) is 10.3. The van der Waals surface area contributed by atoms with E-state index < -0.39 is 0 Å². The number of nitrogens with zero attached hydrogens (tertiary/aromatic N) is 3. The lowest BCUT2D eigenvalue weighted by atomic mass is 10.2. The first kappa shape index (κ1) is 11.8. The number of anilines is 1. The van der Waals surface area contributed by atoms with E-state index in [9.17, 15) is 0 Å². The number of benzene rings is 1. The molecule has 2 rings (SSSR count).